The van der Waals surface area contributed by atoms with Gasteiger partial charge in [0.1, 0.15) is 5.69 Å². The number of hydrogen-bond acceptors (Lipinski definition) is 4. The lowest BCUT2D eigenvalue weighted by Crippen LogP contribution is -2.30. The number of carbonyl (C=O) groups excluding carboxylic acids is 1. The second-order valence-corrected chi connectivity index (χ2v) is 5.95. The van der Waals surface area contributed by atoms with E-state index in [-0.39, 0.29) is 11.9 Å². The normalized spacial score (nSPS) is 17.4. The Bertz CT molecular complexity index is 839. The van der Waals surface area contributed by atoms with Gasteiger partial charge in [0.05, 0.1) is 24.1 Å². The Morgan fingerprint density at radius 1 is 1.17 bits per heavy atom. The van der Waals surface area contributed by atoms with Crippen molar-refractivity contribution < 1.29 is 4.79 Å². The van der Waals surface area contributed by atoms with Gasteiger partial charge in [-0.05, 0) is 12.5 Å². The lowest BCUT2D eigenvalue weighted by molar-refractivity contribution is 0.0775. The molecule has 0 aliphatic carbocycles. The van der Waals surface area contributed by atoms with Gasteiger partial charge >= 0.3 is 0 Å². The van der Waals surface area contributed by atoms with E-state index in [4.69, 9.17) is 0 Å². The molecule has 0 N–H and O–H groups in total. The second kappa shape index (κ2) is 5.92. The third-order valence-corrected chi connectivity index (χ3v) is 4.38. The maximum Gasteiger partial charge on any atom is 0.272 e. The summed E-state index contributed by atoms with van der Waals surface area (Å²) < 4.78 is 1.66. The van der Waals surface area contributed by atoms with Crippen molar-refractivity contribution in [1.29, 1.82) is 0 Å². The molecule has 3 aromatic rings. The van der Waals surface area contributed by atoms with E-state index in [0.717, 1.165) is 17.7 Å². The van der Waals surface area contributed by atoms with Crippen LogP contribution in [0.5, 0.6) is 0 Å². The fourth-order valence-corrected chi connectivity index (χ4v) is 3.11. The Labute approximate surface area is 139 Å². The van der Waals surface area contributed by atoms with Crippen LogP contribution in [0.1, 0.15) is 23.0 Å². The van der Waals surface area contributed by atoms with Crippen molar-refractivity contribution in [1.82, 2.24) is 29.7 Å². The van der Waals surface area contributed by atoms with Crippen molar-refractivity contribution in [3.63, 3.8) is 0 Å². The highest BCUT2D eigenvalue weighted by molar-refractivity contribution is 5.94. The zero-order chi connectivity index (χ0) is 16.5. The summed E-state index contributed by atoms with van der Waals surface area (Å²) in [7, 11) is 1.81. The third kappa shape index (κ3) is 2.58. The quantitative estimate of drug-likeness (QED) is 0.737. The standard InChI is InChI=1S/C17H18N6O/c1-21-16(11-15(20-21)13-5-3-2-4-6-13)17(24)22-10-7-14(12-22)23-18-8-9-19-23/h2-6,8-9,11,14H,7,10,12H2,1H3. The van der Waals surface area contributed by atoms with Crippen molar-refractivity contribution in [2.75, 3.05) is 13.1 Å². The summed E-state index contributed by atoms with van der Waals surface area (Å²) in [5.74, 6) is 0.00170. The molecule has 1 unspecified atom stereocenters. The molecule has 0 bridgehead atoms. The van der Waals surface area contributed by atoms with Crippen LogP contribution in [-0.4, -0.2) is 48.7 Å². The summed E-state index contributed by atoms with van der Waals surface area (Å²) in [6.45, 7) is 1.33. The third-order valence-electron chi connectivity index (χ3n) is 4.38. The second-order valence-electron chi connectivity index (χ2n) is 5.95. The van der Waals surface area contributed by atoms with Crippen LogP contribution in [-0.2, 0) is 7.05 Å². The average Bonchev–Trinajstić information content (AvgIpc) is 3.35. The first-order valence-corrected chi connectivity index (χ1v) is 7.97. The molecule has 1 aliphatic rings. The number of amides is 1. The van der Waals surface area contributed by atoms with Gasteiger partial charge in [0.25, 0.3) is 5.91 Å². The van der Waals surface area contributed by atoms with Crippen LogP contribution in [0.2, 0.25) is 0 Å². The average molecular weight is 322 g/mol. The Kier molecular flexibility index (Phi) is 3.60. The van der Waals surface area contributed by atoms with Crippen LogP contribution in [0, 0.1) is 0 Å². The van der Waals surface area contributed by atoms with Gasteiger partial charge in [0.2, 0.25) is 0 Å². The molecule has 4 rings (SSSR count). The molecule has 2 aromatic heterocycles. The molecule has 1 atom stereocenters. The number of aryl methyl sites for hydroxylation is 1. The van der Waals surface area contributed by atoms with Gasteiger partial charge in [-0.15, -0.1) is 0 Å². The predicted octanol–water partition coefficient (Wildman–Crippen LogP) is 1.77. The fraction of sp³-hybridized carbons (Fsp3) is 0.294. The van der Waals surface area contributed by atoms with Gasteiger partial charge in [-0.3, -0.25) is 9.48 Å². The molecule has 1 amide bonds. The van der Waals surface area contributed by atoms with E-state index in [1.807, 2.05) is 48.3 Å². The summed E-state index contributed by atoms with van der Waals surface area (Å²) in [4.78, 5) is 16.4. The molecule has 7 nitrogen and oxygen atoms in total. The van der Waals surface area contributed by atoms with Crippen molar-refractivity contribution in [3.05, 3.63) is 54.5 Å². The van der Waals surface area contributed by atoms with Crippen LogP contribution < -0.4 is 0 Å². The summed E-state index contributed by atoms with van der Waals surface area (Å²) in [6, 6.07) is 11.9. The summed E-state index contributed by atoms with van der Waals surface area (Å²) in [5, 5.41) is 12.8. The number of likely N-dealkylation sites (tertiary alicyclic amines) is 1. The molecule has 7 heteroatoms. The van der Waals surface area contributed by atoms with E-state index in [2.05, 4.69) is 15.3 Å². The predicted molar refractivity (Wildman–Crippen MR) is 88.2 cm³/mol. The van der Waals surface area contributed by atoms with Crippen LogP contribution in [0.4, 0.5) is 0 Å². The minimum Gasteiger partial charge on any atom is -0.335 e. The van der Waals surface area contributed by atoms with E-state index in [1.165, 1.54) is 0 Å². The fourth-order valence-electron chi connectivity index (χ4n) is 3.11. The summed E-state index contributed by atoms with van der Waals surface area (Å²) >= 11 is 0. The maximum atomic E-state index is 12.8. The minimum absolute atomic E-state index is 0.00170. The molecule has 1 aliphatic heterocycles. The largest absolute Gasteiger partial charge is 0.335 e. The molecule has 3 heterocycles. The maximum absolute atomic E-state index is 12.8. The monoisotopic (exact) mass is 322 g/mol. The smallest absolute Gasteiger partial charge is 0.272 e. The van der Waals surface area contributed by atoms with Gasteiger partial charge in [-0.1, -0.05) is 30.3 Å². The Hall–Kier alpha value is -2.96. The lowest BCUT2D eigenvalue weighted by atomic mass is 10.1. The van der Waals surface area contributed by atoms with Crippen LogP contribution in [0.15, 0.2) is 48.8 Å². The number of rotatable bonds is 3. The molecule has 0 radical (unpaired) electrons. The molecule has 1 aromatic carbocycles. The first kappa shape index (κ1) is 14.6. The SMILES string of the molecule is Cn1nc(-c2ccccc2)cc1C(=O)N1CCC(n2nccn2)C1. The first-order valence-electron chi connectivity index (χ1n) is 7.97. The van der Waals surface area contributed by atoms with Gasteiger partial charge in [-0.2, -0.15) is 20.1 Å². The van der Waals surface area contributed by atoms with Crippen LogP contribution in [0.3, 0.4) is 0 Å². The Morgan fingerprint density at radius 2 is 1.92 bits per heavy atom. The first-order chi connectivity index (χ1) is 11.7. The number of benzene rings is 1. The van der Waals surface area contributed by atoms with E-state index >= 15 is 0 Å². The zero-order valence-corrected chi connectivity index (χ0v) is 13.4. The van der Waals surface area contributed by atoms with Crippen molar-refractivity contribution >= 4 is 5.91 Å². The van der Waals surface area contributed by atoms with Gasteiger partial charge < -0.3 is 4.90 Å². The van der Waals surface area contributed by atoms with Crippen molar-refractivity contribution in [2.45, 2.75) is 12.5 Å². The van der Waals surface area contributed by atoms with E-state index in [1.54, 1.807) is 21.9 Å². The number of hydrogen-bond donors (Lipinski definition) is 0. The van der Waals surface area contributed by atoms with E-state index in [9.17, 15) is 4.79 Å². The molecular weight excluding hydrogens is 304 g/mol. The van der Waals surface area contributed by atoms with E-state index in [0.29, 0.717) is 18.8 Å². The molecule has 24 heavy (non-hydrogen) atoms. The number of aromatic nitrogens is 5. The van der Waals surface area contributed by atoms with Gasteiger partial charge in [-0.25, -0.2) is 0 Å². The van der Waals surface area contributed by atoms with Crippen LogP contribution >= 0.6 is 0 Å². The highest BCUT2D eigenvalue weighted by atomic mass is 16.2. The highest BCUT2D eigenvalue weighted by Gasteiger charge is 2.30. The molecule has 1 fully saturated rings. The van der Waals surface area contributed by atoms with Crippen molar-refractivity contribution in [3.8, 4) is 11.3 Å². The van der Waals surface area contributed by atoms with Crippen molar-refractivity contribution in [2.24, 2.45) is 7.05 Å². The zero-order valence-electron chi connectivity index (χ0n) is 13.4. The summed E-state index contributed by atoms with van der Waals surface area (Å²) in [6.07, 6.45) is 4.19. The molecule has 0 saturated carbocycles. The molecule has 1 saturated heterocycles. The highest BCUT2D eigenvalue weighted by Crippen LogP contribution is 2.24. The summed E-state index contributed by atoms with van der Waals surface area (Å²) in [5.41, 5.74) is 2.42. The molecular formula is C17H18N6O. The van der Waals surface area contributed by atoms with Crippen LogP contribution in [0.25, 0.3) is 11.3 Å². The Morgan fingerprint density at radius 3 is 2.67 bits per heavy atom. The topological polar surface area (TPSA) is 68.8 Å². The Balaban J connectivity index is 1.54. The molecule has 122 valence electrons. The number of nitrogens with zero attached hydrogens (tertiary/aromatic N) is 6. The number of carbonyl (C=O) groups is 1. The van der Waals surface area contributed by atoms with Gasteiger partial charge in [0, 0.05) is 25.7 Å². The minimum atomic E-state index is 0.00170. The van der Waals surface area contributed by atoms with Gasteiger partial charge in [0.15, 0.2) is 0 Å². The van der Waals surface area contributed by atoms with E-state index < -0.39 is 0 Å². The lowest BCUT2D eigenvalue weighted by Gasteiger charge is -2.16. The molecule has 0 spiro atoms.